The highest BCUT2D eigenvalue weighted by Crippen LogP contribution is 2.23. The second kappa shape index (κ2) is 6.73. The molecule has 0 saturated heterocycles. The molecule has 0 bridgehead atoms. The first kappa shape index (κ1) is 16.5. The SMILES string of the molecule is Cc1cc(C)nc(Nc2nc(C(=O)Nc3cccc4nsnc34)cs2)n1. The quantitative estimate of drug-likeness (QED) is 0.555. The van der Waals surface area contributed by atoms with Crippen LogP contribution in [-0.2, 0) is 0 Å². The van der Waals surface area contributed by atoms with Gasteiger partial charge in [0.2, 0.25) is 5.95 Å². The van der Waals surface area contributed by atoms with E-state index in [1.165, 1.54) is 11.3 Å². The lowest BCUT2D eigenvalue weighted by Gasteiger charge is -2.04. The Kier molecular flexibility index (Phi) is 4.27. The lowest BCUT2D eigenvalue weighted by Crippen LogP contribution is -2.12. The number of carbonyl (C=O) groups excluding carboxylic acids is 1. The largest absolute Gasteiger partial charge is 0.319 e. The van der Waals surface area contributed by atoms with Crippen LogP contribution in [0, 0.1) is 13.8 Å². The summed E-state index contributed by atoms with van der Waals surface area (Å²) in [4.78, 5) is 25.4. The number of hydrogen-bond donors (Lipinski definition) is 2. The van der Waals surface area contributed by atoms with E-state index in [0.29, 0.717) is 28.0 Å². The molecule has 0 fully saturated rings. The average Bonchev–Trinajstić information content (AvgIpc) is 3.23. The van der Waals surface area contributed by atoms with Crippen molar-refractivity contribution in [2.45, 2.75) is 13.8 Å². The van der Waals surface area contributed by atoms with Crippen molar-refractivity contribution in [3.8, 4) is 0 Å². The molecule has 0 atom stereocenters. The third-order valence-corrected chi connectivity index (χ3v) is 4.77. The van der Waals surface area contributed by atoms with Crippen molar-refractivity contribution in [1.82, 2.24) is 23.7 Å². The van der Waals surface area contributed by atoms with Crippen molar-refractivity contribution < 1.29 is 4.79 Å². The molecule has 0 spiro atoms. The second-order valence-corrected chi connectivity index (χ2v) is 6.92. The van der Waals surface area contributed by atoms with E-state index in [-0.39, 0.29) is 5.91 Å². The molecular weight excluding hydrogens is 370 g/mol. The number of nitrogens with one attached hydrogen (secondary N) is 2. The number of aromatic nitrogens is 5. The summed E-state index contributed by atoms with van der Waals surface area (Å²) in [6, 6.07) is 7.35. The molecule has 1 aromatic carbocycles. The monoisotopic (exact) mass is 383 g/mol. The summed E-state index contributed by atoms with van der Waals surface area (Å²) in [5, 5.41) is 8.10. The molecule has 130 valence electrons. The lowest BCUT2D eigenvalue weighted by atomic mass is 10.2. The Bertz CT molecular complexity index is 1080. The highest BCUT2D eigenvalue weighted by atomic mass is 32.1. The summed E-state index contributed by atoms with van der Waals surface area (Å²) in [6.45, 7) is 3.79. The number of thiazole rings is 1. The van der Waals surface area contributed by atoms with E-state index < -0.39 is 0 Å². The molecule has 26 heavy (non-hydrogen) atoms. The summed E-state index contributed by atoms with van der Waals surface area (Å²) in [5.74, 6) is 0.151. The van der Waals surface area contributed by atoms with E-state index in [4.69, 9.17) is 0 Å². The lowest BCUT2D eigenvalue weighted by molar-refractivity contribution is 0.102. The Morgan fingerprint density at radius 1 is 1.08 bits per heavy atom. The van der Waals surface area contributed by atoms with Crippen LogP contribution in [0.1, 0.15) is 21.9 Å². The van der Waals surface area contributed by atoms with Gasteiger partial charge in [-0.25, -0.2) is 15.0 Å². The number of anilines is 3. The number of amides is 1. The van der Waals surface area contributed by atoms with E-state index in [9.17, 15) is 4.79 Å². The van der Waals surface area contributed by atoms with E-state index in [0.717, 1.165) is 28.6 Å². The predicted molar refractivity (Wildman–Crippen MR) is 102 cm³/mol. The molecular formula is C16H13N7OS2. The number of hydrogen-bond acceptors (Lipinski definition) is 9. The van der Waals surface area contributed by atoms with Crippen molar-refractivity contribution in [2.24, 2.45) is 0 Å². The molecule has 3 heterocycles. The van der Waals surface area contributed by atoms with Crippen LogP contribution in [0.5, 0.6) is 0 Å². The average molecular weight is 383 g/mol. The molecule has 0 saturated carbocycles. The summed E-state index contributed by atoms with van der Waals surface area (Å²) < 4.78 is 8.38. The first-order valence-electron chi connectivity index (χ1n) is 7.66. The highest BCUT2D eigenvalue weighted by molar-refractivity contribution is 7.14. The van der Waals surface area contributed by atoms with E-state index >= 15 is 0 Å². The summed E-state index contributed by atoms with van der Waals surface area (Å²) >= 11 is 2.42. The van der Waals surface area contributed by atoms with E-state index in [1.807, 2.05) is 32.0 Å². The zero-order chi connectivity index (χ0) is 18.1. The Balaban J connectivity index is 1.52. The Hall–Kier alpha value is -2.98. The van der Waals surface area contributed by atoms with Gasteiger partial charge in [0.1, 0.15) is 16.7 Å². The molecule has 0 aliphatic rings. The van der Waals surface area contributed by atoms with Crippen molar-refractivity contribution in [3.05, 3.63) is 46.7 Å². The van der Waals surface area contributed by atoms with Gasteiger partial charge in [0.25, 0.3) is 5.91 Å². The number of carbonyl (C=O) groups is 1. The second-order valence-electron chi connectivity index (χ2n) is 5.53. The van der Waals surface area contributed by atoms with Crippen LogP contribution in [0.25, 0.3) is 11.0 Å². The van der Waals surface area contributed by atoms with Crippen LogP contribution in [0.2, 0.25) is 0 Å². The van der Waals surface area contributed by atoms with Crippen LogP contribution in [-0.4, -0.2) is 29.6 Å². The van der Waals surface area contributed by atoms with Gasteiger partial charge in [0.05, 0.1) is 17.4 Å². The fourth-order valence-corrected chi connectivity index (χ4v) is 3.64. The van der Waals surface area contributed by atoms with E-state index in [1.54, 1.807) is 11.4 Å². The summed E-state index contributed by atoms with van der Waals surface area (Å²) in [7, 11) is 0. The molecule has 3 aromatic heterocycles. The maximum Gasteiger partial charge on any atom is 0.275 e. The maximum atomic E-state index is 12.5. The first-order chi connectivity index (χ1) is 12.6. The Morgan fingerprint density at radius 3 is 2.69 bits per heavy atom. The number of nitrogens with zero attached hydrogens (tertiary/aromatic N) is 5. The molecule has 1 amide bonds. The van der Waals surface area contributed by atoms with Crippen LogP contribution in [0.15, 0.2) is 29.6 Å². The van der Waals surface area contributed by atoms with Crippen LogP contribution < -0.4 is 10.6 Å². The van der Waals surface area contributed by atoms with Gasteiger partial charge in [0.15, 0.2) is 5.13 Å². The van der Waals surface area contributed by atoms with Gasteiger partial charge in [-0.15, -0.1) is 11.3 Å². The van der Waals surface area contributed by atoms with E-state index in [2.05, 4.69) is 34.3 Å². The van der Waals surface area contributed by atoms with Crippen LogP contribution in [0.3, 0.4) is 0 Å². The van der Waals surface area contributed by atoms with Crippen LogP contribution in [0.4, 0.5) is 16.8 Å². The zero-order valence-corrected chi connectivity index (χ0v) is 15.5. The van der Waals surface area contributed by atoms with Crippen molar-refractivity contribution in [2.75, 3.05) is 10.6 Å². The minimum Gasteiger partial charge on any atom is -0.319 e. The predicted octanol–water partition coefficient (Wildman–Crippen LogP) is 3.55. The summed E-state index contributed by atoms with van der Waals surface area (Å²) in [5.41, 5.74) is 4.06. The standard InChI is InChI=1S/C16H13N7OS2/c1-8-6-9(2)18-15(17-8)21-16-20-12(7-25-16)14(24)19-10-4-3-5-11-13(10)23-26-22-11/h3-7H,1-2H3,(H,19,24)(H,17,18,20,21). The van der Waals surface area contributed by atoms with Gasteiger partial charge in [-0.05, 0) is 32.0 Å². The number of fused-ring (bicyclic) bond motifs is 1. The smallest absolute Gasteiger partial charge is 0.275 e. The third-order valence-electron chi connectivity index (χ3n) is 3.47. The molecule has 8 nitrogen and oxygen atoms in total. The molecule has 0 aliphatic carbocycles. The molecule has 4 rings (SSSR count). The summed E-state index contributed by atoms with van der Waals surface area (Å²) in [6.07, 6.45) is 0. The molecule has 0 aliphatic heterocycles. The molecule has 10 heteroatoms. The topological polar surface area (TPSA) is 106 Å². The molecule has 2 N–H and O–H groups in total. The molecule has 0 radical (unpaired) electrons. The fourth-order valence-electron chi connectivity index (χ4n) is 2.41. The van der Waals surface area contributed by atoms with Gasteiger partial charge in [-0.1, -0.05) is 6.07 Å². The number of benzene rings is 1. The van der Waals surface area contributed by atoms with Gasteiger partial charge in [-0.2, -0.15) is 8.75 Å². The normalized spacial score (nSPS) is 10.8. The van der Waals surface area contributed by atoms with Gasteiger partial charge in [0, 0.05) is 16.8 Å². The first-order valence-corrected chi connectivity index (χ1v) is 9.27. The highest BCUT2D eigenvalue weighted by Gasteiger charge is 2.14. The van der Waals surface area contributed by atoms with Crippen molar-refractivity contribution in [3.63, 3.8) is 0 Å². The Labute approximate surface area is 156 Å². The number of rotatable bonds is 4. The third kappa shape index (κ3) is 3.37. The Morgan fingerprint density at radius 2 is 1.88 bits per heavy atom. The van der Waals surface area contributed by atoms with Crippen molar-refractivity contribution in [1.29, 1.82) is 0 Å². The van der Waals surface area contributed by atoms with Gasteiger partial charge >= 0.3 is 0 Å². The minimum absolute atomic E-state index is 0.307. The van der Waals surface area contributed by atoms with Gasteiger partial charge < -0.3 is 10.6 Å². The maximum absolute atomic E-state index is 12.5. The van der Waals surface area contributed by atoms with Crippen LogP contribution >= 0.6 is 23.1 Å². The van der Waals surface area contributed by atoms with Gasteiger partial charge in [-0.3, -0.25) is 4.79 Å². The number of aryl methyl sites for hydroxylation is 2. The minimum atomic E-state index is -0.309. The molecule has 4 aromatic rings. The fraction of sp³-hybridized carbons (Fsp3) is 0.125. The van der Waals surface area contributed by atoms with Crippen molar-refractivity contribution >= 4 is 56.8 Å². The molecule has 0 unspecified atom stereocenters. The zero-order valence-electron chi connectivity index (χ0n) is 13.8.